The van der Waals surface area contributed by atoms with E-state index in [4.69, 9.17) is 0 Å². The maximum absolute atomic E-state index is 10.6. The molecule has 0 aliphatic heterocycles. The van der Waals surface area contributed by atoms with Gasteiger partial charge in [-0.25, -0.2) is 4.57 Å². The van der Waals surface area contributed by atoms with Crippen LogP contribution in [-0.2, 0) is 6.54 Å². The number of nitro groups is 1. The minimum atomic E-state index is -0.466. The van der Waals surface area contributed by atoms with Gasteiger partial charge in [0.2, 0.25) is 0 Å². The lowest BCUT2D eigenvalue weighted by molar-refractivity contribution is -0.396. The molecule has 0 radical (unpaired) electrons. The van der Waals surface area contributed by atoms with Crippen LogP contribution < -0.4 is 0 Å². The number of aryl methyl sites for hydroxylation is 1. The van der Waals surface area contributed by atoms with E-state index in [0.29, 0.717) is 12.2 Å². The summed E-state index contributed by atoms with van der Waals surface area (Å²) in [4.78, 5) is 13.9. The Bertz CT molecular complexity index is 375. The van der Waals surface area contributed by atoms with Crippen LogP contribution in [0.25, 0.3) is 0 Å². The summed E-state index contributed by atoms with van der Waals surface area (Å²) in [5.41, 5.74) is 1.80. The summed E-state index contributed by atoms with van der Waals surface area (Å²) in [6.07, 6.45) is 3.60. The minimum absolute atomic E-state index is 0.0972. The maximum Gasteiger partial charge on any atom is 0.435 e. The van der Waals surface area contributed by atoms with Crippen molar-refractivity contribution in [2.45, 2.75) is 27.3 Å². The lowest BCUT2D eigenvalue weighted by Crippen LogP contribution is -2.01. The number of imidazole rings is 1. The van der Waals surface area contributed by atoms with Crippen LogP contribution in [-0.4, -0.2) is 14.5 Å². The first-order valence-corrected chi connectivity index (χ1v) is 4.32. The molecule has 5 heteroatoms. The number of hydrogen-bond acceptors (Lipinski definition) is 3. The van der Waals surface area contributed by atoms with Crippen LogP contribution in [0.5, 0.6) is 0 Å². The van der Waals surface area contributed by atoms with Gasteiger partial charge in [0.1, 0.15) is 11.9 Å². The molecule has 0 saturated heterocycles. The first-order chi connectivity index (χ1) is 6.50. The summed E-state index contributed by atoms with van der Waals surface area (Å²) >= 11 is 0. The molecule has 5 nitrogen and oxygen atoms in total. The Balaban J connectivity index is 2.96. The standard InChI is InChI=1S/C9H13N3O2/c1-7(2)4-5-11-6-8(3)10-9(11)12(13)14/h4,6H,5H2,1-3H3. The molecule has 0 spiro atoms. The second-order valence-electron chi connectivity index (χ2n) is 3.37. The molecule has 1 heterocycles. The molecule has 0 aliphatic rings. The highest BCUT2D eigenvalue weighted by Crippen LogP contribution is 2.11. The fourth-order valence-corrected chi connectivity index (χ4v) is 1.10. The first-order valence-electron chi connectivity index (χ1n) is 4.32. The molecule has 0 saturated carbocycles. The van der Waals surface area contributed by atoms with E-state index in [2.05, 4.69) is 4.98 Å². The van der Waals surface area contributed by atoms with Gasteiger partial charge in [-0.1, -0.05) is 16.6 Å². The van der Waals surface area contributed by atoms with Gasteiger partial charge in [0.05, 0.1) is 6.54 Å². The summed E-state index contributed by atoms with van der Waals surface area (Å²) in [6.45, 7) is 6.15. The summed E-state index contributed by atoms with van der Waals surface area (Å²) in [7, 11) is 0. The predicted octanol–water partition coefficient (Wildman–Crippen LogP) is 2.07. The lowest BCUT2D eigenvalue weighted by atomic mass is 10.3. The highest BCUT2D eigenvalue weighted by molar-refractivity contribution is 5.14. The van der Waals surface area contributed by atoms with Gasteiger partial charge in [0.15, 0.2) is 0 Å². The summed E-state index contributed by atoms with van der Waals surface area (Å²) in [5, 5.41) is 10.6. The van der Waals surface area contributed by atoms with Crippen molar-refractivity contribution in [1.82, 2.24) is 9.55 Å². The first kappa shape index (κ1) is 10.4. The van der Waals surface area contributed by atoms with Crippen molar-refractivity contribution in [2.75, 3.05) is 0 Å². The van der Waals surface area contributed by atoms with Crippen molar-refractivity contribution in [3.05, 3.63) is 33.7 Å². The smallest absolute Gasteiger partial charge is 0.390 e. The molecule has 0 aromatic carbocycles. The molecular weight excluding hydrogens is 182 g/mol. The van der Waals surface area contributed by atoms with Crippen molar-refractivity contribution < 1.29 is 4.92 Å². The van der Waals surface area contributed by atoms with Crippen molar-refractivity contribution in [1.29, 1.82) is 0 Å². The predicted molar refractivity (Wildman–Crippen MR) is 53.0 cm³/mol. The summed E-state index contributed by atoms with van der Waals surface area (Å²) in [6, 6.07) is 0. The summed E-state index contributed by atoms with van der Waals surface area (Å²) < 4.78 is 1.53. The molecule has 0 bridgehead atoms. The Hall–Kier alpha value is -1.65. The largest absolute Gasteiger partial charge is 0.435 e. The number of nitrogens with zero attached hydrogens (tertiary/aromatic N) is 3. The normalized spacial score (nSPS) is 9.93. The van der Waals surface area contributed by atoms with E-state index in [-0.39, 0.29) is 5.95 Å². The average Bonchev–Trinajstić information content (AvgIpc) is 2.43. The SMILES string of the molecule is CC(C)=CCn1cc(C)nc1[N+](=O)[O-]. The number of hydrogen-bond donors (Lipinski definition) is 0. The molecule has 0 aliphatic carbocycles. The van der Waals surface area contributed by atoms with Gasteiger partial charge in [0, 0.05) is 0 Å². The second kappa shape index (κ2) is 4.04. The van der Waals surface area contributed by atoms with E-state index in [0.717, 1.165) is 5.57 Å². The zero-order chi connectivity index (χ0) is 10.7. The van der Waals surface area contributed by atoms with E-state index in [1.165, 1.54) is 4.57 Å². The second-order valence-corrected chi connectivity index (χ2v) is 3.37. The van der Waals surface area contributed by atoms with Gasteiger partial charge < -0.3 is 10.1 Å². The third-order valence-electron chi connectivity index (χ3n) is 1.74. The van der Waals surface area contributed by atoms with Gasteiger partial charge in [-0.3, -0.25) is 0 Å². The fraction of sp³-hybridized carbons (Fsp3) is 0.444. The Kier molecular flexibility index (Phi) is 3.01. The Labute approximate surface area is 82.2 Å². The highest BCUT2D eigenvalue weighted by Gasteiger charge is 2.15. The fourth-order valence-electron chi connectivity index (χ4n) is 1.10. The van der Waals surface area contributed by atoms with Gasteiger partial charge in [-0.05, 0) is 25.7 Å². The van der Waals surface area contributed by atoms with Crippen LogP contribution in [0.3, 0.4) is 0 Å². The van der Waals surface area contributed by atoms with Crippen LogP contribution in [0.1, 0.15) is 19.5 Å². The van der Waals surface area contributed by atoms with Gasteiger partial charge in [0.25, 0.3) is 0 Å². The minimum Gasteiger partial charge on any atom is -0.390 e. The molecule has 14 heavy (non-hydrogen) atoms. The van der Waals surface area contributed by atoms with Gasteiger partial charge >= 0.3 is 5.95 Å². The maximum atomic E-state index is 10.6. The average molecular weight is 195 g/mol. The third-order valence-corrected chi connectivity index (χ3v) is 1.74. The van der Waals surface area contributed by atoms with Crippen LogP contribution in [0.15, 0.2) is 17.8 Å². The van der Waals surface area contributed by atoms with Crippen molar-refractivity contribution in [2.24, 2.45) is 0 Å². The molecule has 0 fully saturated rings. The third kappa shape index (κ3) is 2.42. The van der Waals surface area contributed by atoms with Crippen LogP contribution >= 0.6 is 0 Å². The molecule has 1 aromatic rings. The van der Waals surface area contributed by atoms with E-state index < -0.39 is 4.92 Å². The van der Waals surface area contributed by atoms with Crippen LogP contribution in [0, 0.1) is 17.0 Å². The van der Waals surface area contributed by atoms with Gasteiger partial charge in [-0.15, -0.1) is 0 Å². The van der Waals surface area contributed by atoms with Gasteiger partial charge in [-0.2, -0.15) is 0 Å². The van der Waals surface area contributed by atoms with E-state index in [1.54, 1.807) is 13.1 Å². The number of aromatic nitrogens is 2. The monoisotopic (exact) mass is 195 g/mol. The molecule has 1 aromatic heterocycles. The highest BCUT2D eigenvalue weighted by atomic mass is 16.6. The van der Waals surface area contributed by atoms with Crippen molar-refractivity contribution in [3.8, 4) is 0 Å². The molecule has 0 atom stereocenters. The van der Waals surface area contributed by atoms with Crippen LogP contribution in [0.4, 0.5) is 5.95 Å². The molecule has 76 valence electrons. The van der Waals surface area contributed by atoms with Crippen LogP contribution in [0.2, 0.25) is 0 Å². The number of rotatable bonds is 3. The molecule has 0 amide bonds. The van der Waals surface area contributed by atoms with E-state index >= 15 is 0 Å². The topological polar surface area (TPSA) is 61.0 Å². The zero-order valence-electron chi connectivity index (χ0n) is 8.52. The van der Waals surface area contributed by atoms with E-state index in [1.807, 2.05) is 19.9 Å². The number of allylic oxidation sites excluding steroid dienone is 2. The molecular formula is C9H13N3O2. The van der Waals surface area contributed by atoms with E-state index in [9.17, 15) is 10.1 Å². The molecule has 0 N–H and O–H groups in total. The zero-order valence-corrected chi connectivity index (χ0v) is 8.52. The quantitative estimate of drug-likeness (QED) is 0.421. The Morgan fingerprint density at radius 1 is 1.71 bits per heavy atom. The lowest BCUT2D eigenvalue weighted by Gasteiger charge is -1.97. The molecule has 0 unspecified atom stereocenters. The van der Waals surface area contributed by atoms with Crippen molar-refractivity contribution >= 4 is 5.95 Å². The Morgan fingerprint density at radius 3 is 2.86 bits per heavy atom. The Morgan fingerprint density at radius 2 is 2.36 bits per heavy atom. The molecule has 1 rings (SSSR count). The summed E-state index contributed by atoms with van der Waals surface area (Å²) in [5.74, 6) is -0.0972. The van der Waals surface area contributed by atoms with Crippen molar-refractivity contribution in [3.63, 3.8) is 0 Å².